The lowest BCUT2D eigenvalue weighted by Gasteiger charge is -2.04. The van der Waals surface area contributed by atoms with Crippen LogP contribution in [0.25, 0.3) is 0 Å². The highest BCUT2D eigenvalue weighted by molar-refractivity contribution is 8.07. The van der Waals surface area contributed by atoms with Gasteiger partial charge in [-0.3, -0.25) is 4.57 Å². The zero-order valence-electron chi connectivity index (χ0n) is 7.30. The van der Waals surface area contributed by atoms with Gasteiger partial charge in [-0.1, -0.05) is 12.8 Å². The molecule has 80 valence electrons. The molecule has 13 heavy (non-hydrogen) atoms. The van der Waals surface area contributed by atoms with Gasteiger partial charge in [-0.15, -0.1) is 0 Å². The third-order valence-corrected chi connectivity index (χ3v) is 2.82. The molecule has 0 aromatic carbocycles. The van der Waals surface area contributed by atoms with Gasteiger partial charge in [-0.25, -0.2) is 10.6 Å². The molecule has 0 unspecified atom stereocenters. The molecular weight excluding hydrogens is 234 g/mol. The smallest absolute Gasteiger partial charge is 0.317 e. The second kappa shape index (κ2) is 8.04. The Morgan fingerprint density at radius 3 is 2.08 bits per heavy atom. The van der Waals surface area contributed by atoms with Crippen LogP contribution in [-0.4, -0.2) is 18.3 Å². The van der Waals surface area contributed by atoms with Crippen molar-refractivity contribution in [2.75, 3.05) is 13.1 Å². The maximum Gasteiger partial charge on any atom is 0.319 e. The first kappa shape index (κ1) is 13.7. The standard InChI is InChI=1S/C6H15Cl2N2O2P/c7-13(8,12)10-6-4-2-1-3-5-9-11/h9,11H,1-6H2,(H,10,12). The van der Waals surface area contributed by atoms with Crippen LogP contribution in [0.4, 0.5) is 0 Å². The molecule has 0 saturated carbocycles. The molecule has 0 amide bonds. The van der Waals surface area contributed by atoms with Crippen LogP contribution in [0.3, 0.4) is 0 Å². The van der Waals surface area contributed by atoms with Crippen molar-refractivity contribution in [1.82, 2.24) is 10.6 Å². The molecule has 0 radical (unpaired) electrons. The Kier molecular flexibility index (Phi) is 8.46. The van der Waals surface area contributed by atoms with Gasteiger partial charge >= 0.3 is 6.00 Å². The molecule has 0 aromatic heterocycles. The fourth-order valence-electron chi connectivity index (χ4n) is 0.892. The monoisotopic (exact) mass is 248 g/mol. The van der Waals surface area contributed by atoms with Gasteiger partial charge in [0.1, 0.15) is 0 Å². The number of hydroxylamine groups is 1. The van der Waals surface area contributed by atoms with Gasteiger partial charge in [0.05, 0.1) is 0 Å². The molecular formula is C6H15Cl2N2O2P. The van der Waals surface area contributed by atoms with Crippen molar-refractivity contribution >= 4 is 28.5 Å². The second-order valence-electron chi connectivity index (χ2n) is 2.69. The van der Waals surface area contributed by atoms with Gasteiger partial charge in [-0.05, 0) is 35.3 Å². The maximum absolute atomic E-state index is 10.7. The average Bonchev–Trinajstić information content (AvgIpc) is 2.01. The largest absolute Gasteiger partial charge is 0.319 e. The van der Waals surface area contributed by atoms with Crippen molar-refractivity contribution in [3.8, 4) is 0 Å². The van der Waals surface area contributed by atoms with E-state index < -0.39 is 6.00 Å². The highest BCUT2D eigenvalue weighted by Crippen LogP contribution is 2.51. The maximum atomic E-state index is 10.7. The minimum Gasteiger partial charge on any atom is -0.317 e. The number of hydrogen-bond acceptors (Lipinski definition) is 3. The van der Waals surface area contributed by atoms with Crippen LogP contribution in [0.2, 0.25) is 0 Å². The van der Waals surface area contributed by atoms with Crippen LogP contribution < -0.4 is 10.6 Å². The van der Waals surface area contributed by atoms with Crippen LogP contribution in [0, 0.1) is 0 Å². The van der Waals surface area contributed by atoms with Gasteiger partial charge < -0.3 is 5.21 Å². The Balaban J connectivity index is 3.04. The highest BCUT2D eigenvalue weighted by Gasteiger charge is 2.10. The molecule has 0 fully saturated rings. The zero-order chi connectivity index (χ0) is 10.2. The van der Waals surface area contributed by atoms with Crippen molar-refractivity contribution in [3.63, 3.8) is 0 Å². The summed E-state index contributed by atoms with van der Waals surface area (Å²) < 4.78 is 10.7. The average molecular weight is 249 g/mol. The number of hydrogen-bond donors (Lipinski definition) is 3. The van der Waals surface area contributed by atoms with Gasteiger partial charge in [0.25, 0.3) is 0 Å². The molecule has 0 aliphatic heterocycles. The van der Waals surface area contributed by atoms with E-state index in [1.54, 1.807) is 0 Å². The van der Waals surface area contributed by atoms with E-state index in [1.807, 2.05) is 0 Å². The molecule has 0 rings (SSSR count). The predicted molar refractivity (Wildman–Crippen MR) is 55.6 cm³/mol. The molecule has 4 nitrogen and oxygen atoms in total. The Bertz CT molecular complexity index is 165. The summed E-state index contributed by atoms with van der Waals surface area (Å²) in [6, 6.07) is 0. The van der Waals surface area contributed by atoms with Crippen LogP contribution >= 0.6 is 28.5 Å². The summed E-state index contributed by atoms with van der Waals surface area (Å²) in [7, 11) is 0. The van der Waals surface area contributed by atoms with Gasteiger partial charge in [0.15, 0.2) is 0 Å². The van der Waals surface area contributed by atoms with E-state index in [1.165, 1.54) is 0 Å². The molecule has 0 spiro atoms. The molecule has 3 N–H and O–H groups in total. The fraction of sp³-hybridized carbons (Fsp3) is 1.00. The first-order valence-electron chi connectivity index (χ1n) is 4.17. The molecule has 0 atom stereocenters. The lowest BCUT2D eigenvalue weighted by molar-refractivity contribution is 0.164. The van der Waals surface area contributed by atoms with E-state index in [4.69, 9.17) is 27.7 Å². The third-order valence-electron chi connectivity index (χ3n) is 1.51. The van der Waals surface area contributed by atoms with E-state index in [0.29, 0.717) is 13.1 Å². The minimum atomic E-state index is -3.08. The molecule has 0 heterocycles. The fourth-order valence-corrected chi connectivity index (χ4v) is 1.82. The number of rotatable bonds is 8. The summed E-state index contributed by atoms with van der Waals surface area (Å²) >= 11 is 10.5. The number of unbranched alkanes of at least 4 members (excludes halogenated alkanes) is 3. The van der Waals surface area contributed by atoms with E-state index in [0.717, 1.165) is 25.7 Å². The Labute approximate surface area is 87.9 Å². The van der Waals surface area contributed by atoms with Crippen LogP contribution in [0.5, 0.6) is 0 Å². The summed E-state index contributed by atoms with van der Waals surface area (Å²) in [4.78, 5) is 0. The molecule has 0 saturated heterocycles. The Morgan fingerprint density at radius 1 is 1.08 bits per heavy atom. The lowest BCUT2D eigenvalue weighted by atomic mass is 10.2. The van der Waals surface area contributed by atoms with Crippen molar-refractivity contribution in [3.05, 3.63) is 0 Å². The third kappa shape index (κ3) is 12.7. The van der Waals surface area contributed by atoms with Gasteiger partial charge in [0, 0.05) is 13.1 Å². The van der Waals surface area contributed by atoms with Crippen molar-refractivity contribution in [1.29, 1.82) is 0 Å². The Morgan fingerprint density at radius 2 is 1.62 bits per heavy atom. The molecule has 7 heteroatoms. The van der Waals surface area contributed by atoms with Crippen molar-refractivity contribution in [2.24, 2.45) is 0 Å². The van der Waals surface area contributed by atoms with Gasteiger partial charge in [0.2, 0.25) is 0 Å². The quantitative estimate of drug-likeness (QED) is 0.351. The molecule has 0 aliphatic rings. The molecule has 0 aliphatic carbocycles. The second-order valence-corrected chi connectivity index (χ2v) is 7.31. The highest BCUT2D eigenvalue weighted by atomic mass is 35.9. The summed E-state index contributed by atoms with van der Waals surface area (Å²) in [6.45, 7) is 1.17. The topological polar surface area (TPSA) is 61.4 Å². The van der Waals surface area contributed by atoms with Crippen LogP contribution in [0.1, 0.15) is 25.7 Å². The van der Waals surface area contributed by atoms with Crippen LogP contribution in [0.15, 0.2) is 0 Å². The number of halogens is 2. The van der Waals surface area contributed by atoms with Crippen molar-refractivity contribution in [2.45, 2.75) is 25.7 Å². The lowest BCUT2D eigenvalue weighted by Crippen LogP contribution is -2.09. The normalized spacial score (nSPS) is 11.9. The van der Waals surface area contributed by atoms with E-state index in [-0.39, 0.29) is 0 Å². The zero-order valence-corrected chi connectivity index (χ0v) is 9.71. The molecule has 0 aromatic rings. The first-order chi connectivity index (χ1) is 6.06. The summed E-state index contributed by atoms with van der Waals surface area (Å²) in [5, 5.41) is 10.8. The predicted octanol–water partition coefficient (Wildman–Crippen LogP) is 2.70. The van der Waals surface area contributed by atoms with Crippen molar-refractivity contribution < 1.29 is 9.77 Å². The Hall–Kier alpha value is 0.690. The summed E-state index contributed by atoms with van der Waals surface area (Å²) in [5.41, 5.74) is 2.08. The summed E-state index contributed by atoms with van der Waals surface area (Å²) in [6.07, 6.45) is 3.83. The van der Waals surface area contributed by atoms with E-state index in [2.05, 4.69) is 10.6 Å². The molecule has 0 bridgehead atoms. The number of nitrogens with one attached hydrogen (secondary N) is 2. The minimum absolute atomic E-state index is 0.566. The van der Waals surface area contributed by atoms with Gasteiger partial charge in [-0.2, -0.15) is 0 Å². The van der Waals surface area contributed by atoms with E-state index >= 15 is 0 Å². The first-order valence-corrected chi connectivity index (χ1v) is 7.69. The van der Waals surface area contributed by atoms with Crippen LogP contribution in [-0.2, 0) is 4.57 Å². The van der Waals surface area contributed by atoms with E-state index in [9.17, 15) is 4.57 Å². The summed E-state index contributed by atoms with van der Waals surface area (Å²) in [5.74, 6) is -3.08. The SMILES string of the molecule is O=P(Cl)(Cl)NCCCCCCNO.